The van der Waals surface area contributed by atoms with Gasteiger partial charge in [0.25, 0.3) is 0 Å². The van der Waals surface area contributed by atoms with Crippen LogP contribution in [-0.2, 0) is 6.67 Å². The summed E-state index contributed by atoms with van der Waals surface area (Å²) in [6.45, 7) is -0.616. The number of nitrogens with zero attached hydrogens (tertiary/aromatic N) is 1. The first-order valence-corrected chi connectivity index (χ1v) is 5.84. The predicted molar refractivity (Wildman–Crippen MR) is 60.0 cm³/mol. The van der Waals surface area contributed by atoms with Gasteiger partial charge in [-0.25, -0.2) is 13.8 Å². The molecular formula is C10H6BrF2NS. The van der Waals surface area contributed by atoms with Gasteiger partial charge < -0.3 is 0 Å². The molecule has 0 unspecified atom stereocenters. The third-order valence-corrected chi connectivity index (χ3v) is 3.27. The van der Waals surface area contributed by atoms with E-state index in [1.165, 1.54) is 17.4 Å². The van der Waals surface area contributed by atoms with Crippen LogP contribution in [-0.4, -0.2) is 4.98 Å². The van der Waals surface area contributed by atoms with Crippen LogP contribution in [0, 0.1) is 5.82 Å². The Kier molecular flexibility index (Phi) is 3.11. The van der Waals surface area contributed by atoms with E-state index in [0.29, 0.717) is 20.7 Å². The summed E-state index contributed by atoms with van der Waals surface area (Å²) < 4.78 is 26.4. The Morgan fingerprint density at radius 1 is 1.40 bits per heavy atom. The van der Waals surface area contributed by atoms with Crippen LogP contribution in [0.3, 0.4) is 0 Å². The number of hydrogen-bond acceptors (Lipinski definition) is 2. The van der Waals surface area contributed by atoms with Gasteiger partial charge in [-0.1, -0.05) is 15.9 Å². The molecule has 0 amide bonds. The van der Waals surface area contributed by atoms with Gasteiger partial charge in [0, 0.05) is 15.4 Å². The van der Waals surface area contributed by atoms with Crippen LogP contribution < -0.4 is 0 Å². The van der Waals surface area contributed by atoms with Gasteiger partial charge in [0.1, 0.15) is 17.5 Å². The summed E-state index contributed by atoms with van der Waals surface area (Å²) >= 11 is 4.41. The first-order chi connectivity index (χ1) is 7.20. The Hall–Kier alpha value is -0.810. The van der Waals surface area contributed by atoms with Crippen molar-refractivity contribution in [2.24, 2.45) is 0 Å². The van der Waals surface area contributed by atoms with Gasteiger partial charge in [-0.2, -0.15) is 0 Å². The molecule has 2 aromatic rings. The molecule has 0 aliphatic heterocycles. The number of aromatic nitrogens is 1. The van der Waals surface area contributed by atoms with E-state index in [2.05, 4.69) is 20.9 Å². The van der Waals surface area contributed by atoms with Crippen molar-refractivity contribution in [2.45, 2.75) is 6.67 Å². The smallest absolute Gasteiger partial charge is 0.134 e. The topological polar surface area (TPSA) is 12.9 Å². The molecule has 5 heteroatoms. The lowest BCUT2D eigenvalue weighted by Crippen LogP contribution is -1.84. The molecule has 0 aliphatic carbocycles. The van der Waals surface area contributed by atoms with Gasteiger partial charge in [0.15, 0.2) is 0 Å². The molecule has 0 aliphatic rings. The second-order valence-electron chi connectivity index (χ2n) is 2.90. The van der Waals surface area contributed by atoms with Crippen LogP contribution >= 0.6 is 27.3 Å². The van der Waals surface area contributed by atoms with Crippen molar-refractivity contribution in [1.29, 1.82) is 0 Å². The molecule has 0 spiro atoms. The Morgan fingerprint density at radius 2 is 2.20 bits per heavy atom. The maximum absolute atomic E-state index is 13.5. The summed E-state index contributed by atoms with van der Waals surface area (Å²) in [5, 5.41) is 2.10. The van der Waals surface area contributed by atoms with Crippen molar-refractivity contribution in [3.8, 4) is 10.6 Å². The molecular weight excluding hydrogens is 284 g/mol. The number of benzene rings is 1. The molecule has 0 radical (unpaired) electrons. The first kappa shape index (κ1) is 10.7. The summed E-state index contributed by atoms with van der Waals surface area (Å²) in [6.07, 6.45) is 0. The van der Waals surface area contributed by atoms with Crippen LogP contribution in [0.1, 0.15) is 5.69 Å². The minimum Gasteiger partial charge on any atom is -0.244 e. The van der Waals surface area contributed by atoms with Gasteiger partial charge >= 0.3 is 0 Å². The van der Waals surface area contributed by atoms with Crippen LogP contribution in [0.15, 0.2) is 28.1 Å². The lowest BCUT2D eigenvalue weighted by Gasteiger charge is -1.98. The summed E-state index contributed by atoms with van der Waals surface area (Å²) in [6, 6.07) is 4.72. The molecule has 0 saturated heterocycles. The SMILES string of the molecule is FCc1csc(-c2ccc(Br)cc2F)n1. The van der Waals surface area contributed by atoms with E-state index in [9.17, 15) is 8.78 Å². The van der Waals surface area contributed by atoms with Crippen molar-refractivity contribution in [2.75, 3.05) is 0 Å². The highest BCUT2D eigenvalue weighted by Gasteiger charge is 2.09. The average molecular weight is 290 g/mol. The van der Waals surface area contributed by atoms with Gasteiger partial charge in [-0.05, 0) is 18.2 Å². The monoisotopic (exact) mass is 289 g/mol. The molecule has 78 valence electrons. The van der Waals surface area contributed by atoms with E-state index in [1.807, 2.05) is 0 Å². The summed E-state index contributed by atoms with van der Waals surface area (Å²) in [5.41, 5.74) is 0.750. The number of rotatable bonds is 2. The second-order valence-corrected chi connectivity index (χ2v) is 4.68. The minimum absolute atomic E-state index is 0.345. The number of thiazole rings is 1. The highest BCUT2D eigenvalue weighted by molar-refractivity contribution is 9.10. The maximum Gasteiger partial charge on any atom is 0.134 e. The van der Waals surface area contributed by atoms with Crippen molar-refractivity contribution >= 4 is 27.3 Å². The third kappa shape index (κ3) is 2.23. The van der Waals surface area contributed by atoms with E-state index in [0.717, 1.165) is 0 Å². The van der Waals surface area contributed by atoms with E-state index < -0.39 is 6.67 Å². The molecule has 1 aromatic heterocycles. The zero-order chi connectivity index (χ0) is 10.8. The Morgan fingerprint density at radius 3 is 2.80 bits per heavy atom. The molecule has 0 N–H and O–H groups in total. The second kappa shape index (κ2) is 4.37. The quantitative estimate of drug-likeness (QED) is 0.808. The minimum atomic E-state index is -0.616. The number of halogens is 3. The highest BCUT2D eigenvalue weighted by Crippen LogP contribution is 2.28. The highest BCUT2D eigenvalue weighted by atomic mass is 79.9. The molecule has 0 saturated carbocycles. The molecule has 1 nitrogen and oxygen atoms in total. The molecule has 15 heavy (non-hydrogen) atoms. The number of hydrogen-bond donors (Lipinski definition) is 0. The average Bonchev–Trinajstić information content (AvgIpc) is 2.66. The zero-order valence-corrected chi connectivity index (χ0v) is 9.91. The van der Waals surface area contributed by atoms with Gasteiger partial charge in [0.2, 0.25) is 0 Å². The van der Waals surface area contributed by atoms with Gasteiger partial charge in [-0.3, -0.25) is 0 Å². The summed E-state index contributed by atoms with van der Waals surface area (Å²) in [4.78, 5) is 3.98. The third-order valence-electron chi connectivity index (χ3n) is 1.85. The van der Waals surface area contributed by atoms with Crippen molar-refractivity contribution in [3.63, 3.8) is 0 Å². The number of alkyl halides is 1. The Labute approximate surface area is 97.9 Å². The van der Waals surface area contributed by atoms with E-state index >= 15 is 0 Å². The first-order valence-electron chi connectivity index (χ1n) is 4.16. The van der Waals surface area contributed by atoms with Crippen molar-refractivity contribution < 1.29 is 8.78 Å². The Balaban J connectivity index is 2.44. The normalized spacial score (nSPS) is 10.6. The standard InChI is InChI=1S/C10H6BrF2NS/c11-6-1-2-8(9(13)3-6)10-14-7(4-12)5-15-10/h1-3,5H,4H2. The van der Waals surface area contributed by atoms with Gasteiger partial charge in [-0.15, -0.1) is 11.3 Å². The van der Waals surface area contributed by atoms with Crippen LogP contribution in [0.4, 0.5) is 8.78 Å². The predicted octanol–water partition coefficient (Wildman–Crippen LogP) is 4.18. The van der Waals surface area contributed by atoms with Gasteiger partial charge in [0.05, 0.1) is 5.69 Å². The molecule has 1 heterocycles. The molecule has 0 bridgehead atoms. The van der Waals surface area contributed by atoms with E-state index in [1.54, 1.807) is 17.5 Å². The van der Waals surface area contributed by atoms with Crippen molar-refractivity contribution in [1.82, 2.24) is 4.98 Å². The Bertz CT molecular complexity index is 484. The fourth-order valence-corrected chi connectivity index (χ4v) is 2.31. The van der Waals surface area contributed by atoms with E-state index in [4.69, 9.17) is 0 Å². The molecule has 0 atom stereocenters. The fraction of sp³-hybridized carbons (Fsp3) is 0.100. The molecule has 0 fully saturated rings. The fourth-order valence-electron chi connectivity index (χ4n) is 1.15. The van der Waals surface area contributed by atoms with E-state index in [-0.39, 0.29) is 5.82 Å². The summed E-state index contributed by atoms with van der Waals surface area (Å²) in [5.74, 6) is -0.357. The van der Waals surface area contributed by atoms with Crippen LogP contribution in [0.25, 0.3) is 10.6 Å². The van der Waals surface area contributed by atoms with Crippen LogP contribution in [0.5, 0.6) is 0 Å². The lowest BCUT2D eigenvalue weighted by molar-refractivity contribution is 0.478. The van der Waals surface area contributed by atoms with Crippen LogP contribution in [0.2, 0.25) is 0 Å². The largest absolute Gasteiger partial charge is 0.244 e. The lowest BCUT2D eigenvalue weighted by atomic mass is 10.2. The molecule has 2 rings (SSSR count). The molecule has 1 aromatic carbocycles. The summed E-state index contributed by atoms with van der Waals surface area (Å²) in [7, 11) is 0. The zero-order valence-electron chi connectivity index (χ0n) is 7.51. The maximum atomic E-state index is 13.5. The van der Waals surface area contributed by atoms with Crippen molar-refractivity contribution in [3.05, 3.63) is 39.6 Å².